The highest BCUT2D eigenvalue weighted by molar-refractivity contribution is 5.98. The molecule has 1 aromatic carbocycles. The van der Waals surface area contributed by atoms with E-state index in [4.69, 9.17) is 4.74 Å². The average Bonchev–Trinajstić information content (AvgIpc) is 2.39. The largest absolute Gasteiger partial charge is 0.462 e. The summed E-state index contributed by atoms with van der Waals surface area (Å²) >= 11 is 0. The number of hydrogen-bond acceptors (Lipinski definition) is 4. The van der Waals surface area contributed by atoms with Gasteiger partial charge in [-0.05, 0) is 52.1 Å². The van der Waals surface area contributed by atoms with E-state index in [1.165, 1.54) is 0 Å². The lowest BCUT2D eigenvalue weighted by Gasteiger charge is -2.22. The number of likely N-dealkylation sites (N-methyl/N-ethyl adjacent to an activating group) is 1. The fourth-order valence-electron chi connectivity index (χ4n) is 1.30. The third-order valence-corrected chi connectivity index (χ3v) is 2.85. The maximum Gasteiger partial charge on any atom is 0.338 e. The molecule has 104 valence electrons. The van der Waals surface area contributed by atoms with E-state index in [0.717, 1.165) is 0 Å². The zero-order valence-electron chi connectivity index (χ0n) is 11.7. The predicted octanol–water partition coefficient (Wildman–Crippen LogP) is 1.80. The van der Waals surface area contributed by atoms with Gasteiger partial charge < -0.3 is 15.4 Å². The Hall–Kier alpha value is -1.88. The molecule has 1 aromatic rings. The minimum Gasteiger partial charge on any atom is -0.462 e. The molecule has 0 atom stereocenters. The molecule has 0 fully saturated rings. The number of ether oxygens (including phenoxy) is 1. The first-order valence-electron chi connectivity index (χ1n) is 6.18. The average molecular weight is 264 g/mol. The summed E-state index contributed by atoms with van der Waals surface area (Å²) in [6, 6.07) is 6.60. The van der Waals surface area contributed by atoms with Crippen molar-refractivity contribution in [2.45, 2.75) is 26.3 Å². The van der Waals surface area contributed by atoms with E-state index < -0.39 is 5.54 Å². The van der Waals surface area contributed by atoms with Crippen molar-refractivity contribution >= 4 is 17.6 Å². The van der Waals surface area contributed by atoms with Gasteiger partial charge in [0.15, 0.2) is 0 Å². The fraction of sp³-hybridized carbons (Fsp3) is 0.429. The normalized spacial score (nSPS) is 10.9. The molecule has 0 aromatic heterocycles. The first-order valence-corrected chi connectivity index (χ1v) is 6.18. The van der Waals surface area contributed by atoms with Crippen molar-refractivity contribution in [2.75, 3.05) is 19.0 Å². The highest BCUT2D eigenvalue weighted by Crippen LogP contribution is 2.13. The number of anilines is 1. The van der Waals surface area contributed by atoms with Gasteiger partial charge in [0.25, 0.3) is 0 Å². The zero-order valence-corrected chi connectivity index (χ0v) is 11.7. The molecule has 1 amide bonds. The minimum atomic E-state index is -0.653. The molecule has 0 unspecified atom stereocenters. The Morgan fingerprint density at radius 2 is 1.79 bits per heavy atom. The number of carbonyl (C=O) groups excluding carboxylic acids is 2. The van der Waals surface area contributed by atoms with Crippen molar-refractivity contribution < 1.29 is 14.3 Å². The van der Waals surface area contributed by atoms with E-state index in [9.17, 15) is 9.59 Å². The molecule has 0 spiro atoms. The number of esters is 1. The lowest BCUT2D eigenvalue weighted by Crippen LogP contribution is -2.47. The van der Waals surface area contributed by atoms with Crippen LogP contribution in [0.4, 0.5) is 5.69 Å². The topological polar surface area (TPSA) is 67.4 Å². The van der Waals surface area contributed by atoms with Crippen LogP contribution in [0.5, 0.6) is 0 Å². The van der Waals surface area contributed by atoms with E-state index in [-0.39, 0.29) is 11.9 Å². The number of amides is 1. The summed E-state index contributed by atoms with van der Waals surface area (Å²) in [5.41, 5.74) is 0.453. The predicted molar refractivity (Wildman–Crippen MR) is 74.2 cm³/mol. The first-order chi connectivity index (χ1) is 8.90. The summed E-state index contributed by atoms with van der Waals surface area (Å²) in [6.07, 6.45) is 0. The first kappa shape index (κ1) is 15.2. The summed E-state index contributed by atoms with van der Waals surface area (Å²) in [7, 11) is 1.73. The molecular formula is C14H20N2O3. The second-order valence-electron chi connectivity index (χ2n) is 4.63. The van der Waals surface area contributed by atoms with Gasteiger partial charge in [-0.1, -0.05) is 0 Å². The summed E-state index contributed by atoms with van der Waals surface area (Å²) in [5.74, 6) is -0.505. The molecule has 0 saturated heterocycles. The molecular weight excluding hydrogens is 244 g/mol. The molecule has 0 bridgehead atoms. The van der Waals surface area contributed by atoms with E-state index in [1.54, 1.807) is 52.1 Å². The molecule has 0 saturated carbocycles. The standard InChI is InChI=1S/C14H20N2O3/c1-5-19-12(17)10-6-8-11(9-7-10)16-13(18)14(2,3)15-4/h6-9,15H,5H2,1-4H3,(H,16,18). The molecule has 0 aliphatic carbocycles. The molecule has 0 heterocycles. The third-order valence-electron chi connectivity index (χ3n) is 2.85. The fourth-order valence-corrected chi connectivity index (χ4v) is 1.30. The molecule has 5 nitrogen and oxygen atoms in total. The minimum absolute atomic E-state index is 0.140. The molecule has 19 heavy (non-hydrogen) atoms. The number of rotatable bonds is 5. The Morgan fingerprint density at radius 1 is 1.21 bits per heavy atom. The third kappa shape index (κ3) is 4.06. The van der Waals surface area contributed by atoms with Crippen LogP contribution < -0.4 is 10.6 Å². The summed E-state index contributed by atoms with van der Waals surface area (Å²) in [4.78, 5) is 23.4. The van der Waals surface area contributed by atoms with Crippen LogP contribution in [0.3, 0.4) is 0 Å². The van der Waals surface area contributed by atoms with E-state index >= 15 is 0 Å². The SMILES string of the molecule is CCOC(=O)c1ccc(NC(=O)C(C)(C)NC)cc1. The van der Waals surface area contributed by atoms with E-state index in [0.29, 0.717) is 17.9 Å². The molecule has 2 N–H and O–H groups in total. The van der Waals surface area contributed by atoms with Crippen LogP contribution in [0, 0.1) is 0 Å². The van der Waals surface area contributed by atoms with Gasteiger partial charge in [-0.2, -0.15) is 0 Å². The van der Waals surface area contributed by atoms with Gasteiger partial charge in [0, 0.05) is 5.69 Å². The second-order valence-corrected chi connectivity index (χ2v) is 4.63. The Morgan fingerprint density at radius 3 is 2.26 bits per heavy atom. The molecule has 0 radical (unpaired) electrons. The van der Waals surface area contributed by atoms with Crippen molar-refractivity contribution in [3.8, 4) is 0 Å². The molecule has 0 aliphatic rings. The van der Waals surface area contributed by atoms with Crippen LogP contribution in [0.2, 0.25) is 0 Å². The molecule has 1 rings (SSSR count). The summed E-state index contributed by atoms with van der Waals surface area (Å²) in [5, 5.41) is 5.70. The molecule has 5 heteroatoms. The number of carbonyl (C=O) groups is 2. The van der Waals surface area contributed by atoms with Crippen LogP contribution in [-0.2, 0) is 9.53 Å². The quantitative estimate of drug-likeness (QED) is 0.796. The van der Waals surface area contributed by atoms with Gasteiger partial charge in [0.05, 0.1) is 17.7 Å². The van der Waals surface area contributed by atoms with Gasteiger partial charge in [-0.25, -0.2) is 4.79 Å². The number of hydrogen-bond donors (Lipinski definition) is 2. The smallest absolute Gasteiger partial charge is 0.338 e. The number of benzene rings is 1. The zero-order chi connectivity index (χ0) is 14.5. The Labute approximate surface area is 113 Å². The summed E-state index contributed by atoms with van der Waals surface area (Å²) < 4.78 is 4.88. The van der Waals surface area contributed by atoms with Gasteiger partial charge in [0.2, 0.25) is 5.91 Å². The maximum absolute atomic E-state index is 11.9. The van der Waals surface area contributed by atoms with Crippen LogP contribution in [0.25, 0.3) is 0 Å². The van der Waals surface area contributed by atoms with Crippen molar-refractivity contribution in [3.05, 3.63) is 29.8 Å². The lowest BCUT2D eigenvalue weighted by atomic mass is 10.0. The molecule has 0 aliphatic heterocycles. The van der Waals surface area contributed by atoms with Crippen LogP contribution >= 0.6 is 0 Å². The summed E-state index contributed by atoms with van der Waals surface area (Å²) in [6.45, 7) is 5.67. The van der Waals surface area contributed by atoms with Crippen molar-refractivity contribution in [1.29, 1.82) is 0 Å². The Kier molecular flexibility index (Phi) is 5.06. The van der Waals surface area contributed by atoms with Gasteiger partial charge in [-0.15, -0.1) is 0 Å². The second kappa shape index (κ2) is 6.33. The Balaban J connectivity index is 2.72. The number of nitrogens with one attached hydrogen (secondary N) is 2. The van der Waals surface area contributed by atoms with Crippen molar-refractivity contribution in [3.63, 3.8) is 0 Å². The van der Waals surface area contributed by atoms with Crippen molar-refractivity contribution in [1.82, 2.24) is 5.32 Å². The highest BCUT2D eigenvalue weighted by Gasteiger charge is 2.25. The van der Waals surface area contributed by atoms with E-state index in [1.807, 2.05) is 0 Å². The van der Waals surface area contributed by atoms with Crippen molar-refractivity contribution in [2.24, 2.45) is 0 Å². The Bertz CT molecular complexity index is 452. The van der Waals surface area contributed by atoms with Gasteiger partial charge in [0.1, 0.15) is 0 Å². The lowest BCUT2D eigenvalue weighted by molar-refractivity contribution is -0.121. The van der Waals surface area contributed by atoms with Gasteiger partial charge >= 0.3 is 5.97 Å². The van der Waals surface area contributed by atoms with Crippen LogP contribution in [-0.4, -0.2) is 31.1 Å². The maximum atomic E-state index is 11.9. The van der Waals surface area contributed by atoms with Crippen LogP contribution in [0.1, 0.15) is 31.1 Å². The van der Waals surface area contributed by atoms with Crippen LogP contribution in [0.15, 0.2) is 24.3 Å². The highest BCUT2D eigenvalue weighted by atomic mass is 16.5. The monoisotopic (exact) mass is 264 g/mol. The van der Waals surface area contributed by atoms with E-state index in [2.05, 4.69) is 10.6 Å². The van der Waals surface area contributed by atoms with Gasteiger partial charge in [-0.3, -0.25) is 4.79 Å².